The molecule has 1 atom stereocenters. The number of nitrogens with two attached hydrogens (primary N) is 1. The third kappa shape index (κ3) is 3.34. The first-order valence-electron chi connectivity index (χ1n) is 7.08. The lowest BCUT2D eigenvalue weighted by molar-refractivity contribution is -0.131. The van der Waals surface area contributed by atoms with Gasteiger partial charge in [-0.25, -0.2) is 4.39 Å². The van der Waals surface area contributed by atoms with Gasteiger partial charge in [-0.05, 0) is 30.5 Å². The van der Waals surface area contributed by atoms with E-state index in [1.165, 1.54) is 26.2 Å². The van der Waals surface area contributed by atoms with Crippen LogP contribution in [0.15, 0.2) is 24.3 Å². The highest BCUT2D eigenvalue weighted by Crippen LogP contribution is 2.33. The third-order valence-corrected chi connectivity index (χ3v) is 4.18. The summed E-state index contributed by atoms with van der Waals surface area (Å²) in [5.41, 5.74) is 4.68. The molecule has 0 aromatic heterocycles. The Hall–Kier alpha value is -1.38. The van der Waals surface area contributed by atoms with Crippen molar-refractivity contribution in [2.75, 3.05) is 5.73 Å². The first-order chi connectivity index (χ1) is 9.00. The van der Waals surface area contributed by atoms with Gasteiger partial charge in [-0.3, -0.25) is 4.79 Å². The molecule has 3 heteroatoms. The Kier molecular flexibility index (Phi) is 4.23. The van der Waals surface area contributed by atoms with Crippen molar-refractivity contribution in [3.05, 3.63) is 29.8 Å². The number of rotatable bonds is 4. The molecular weight excluding hydrogens is 241 g/mol. The van der Waals surface area contributed by atoms with Crippen LogP contribution in [0.3, 0.4) is 0 Å². The Balaban J connectivity index is 2.05. The maximum atomic E-state index is 14.7. The SMILES string of the molecule is CC(F)(C(=O)CC1CCCCC1)c1ccc(N)cc1. The fourth-order valence-electron chi connectivity index (χ4n) is 2.80. The standard InChI is InChI=1S/C16H22FNO/c1-16(17,13-7-9-14(18)10-8-13)15(19)11-12-5-3-2-4-6-12/h7-10,12H,2-6,11,18H2,1H3. The van der Waals surface area contributed by atoms with Gasteiger partial charge in [0.2, 0.25) is 0 Å². The molecule has 1 aromatic rings. The van der Waals surface area contributed by atoms with Crippen LogP contribution in [-0.4, -0.2) is 5.78 Å². The van der Waals surface area contributed by atoms with Crippen LogP contribution in [0.4, 0.5) is 10.1 Å². The smallest absolute Gasteiger partial charge is 0.190 e. The van der Waals surface area contributed by atoms with E-state index in [4.69, 9.17) is 5.73 Å². The molecule has 0 aliphatic heterocycles. The van der Waals surface area contributed by atoms with E-state index in [2.05, 4.69) is 0 Å². The monoisotopic (exact) mass is 263 g/mol. The highest BCUT2D eigenvalue weighted by molar-refractivity contribution is 5.88. The number of anilines is 1. The Morgan fingerprint density at radius 1 is 1.26 bits per heavy atom. The summed E-state index contributed by atoms with van der Waals surface area (Å²) in [6.07, 6.45) is 6.06. The summed E-state index contributed by atoms with van der Waals surface area (Å²) in [7, 11) is 0. The van der Waals surface area contributed by atoms with Gasteiger partial charge in [0.15, 0.2) is 11.5 Å². The minimum Gasteiger partial charge on any atom is -0.399 e. The minimum absolute atomic E-state index is 0.302. The van der Waals surface area contributed by atoms with Crippen LogP contribution in [0.2, 0.25) is 0 Å². The van der Waals surface area contributed by atoms with E-state index in [1.807, 2.05) is 0 Å². The van der Waals surface area contributed by atoms with E-state index in [1.54, 1.807) is 24.3 Å². The number of hydrogen-bond acceptors (Lipinski definition) is 2. The minimum atomic E-state index is -1.90. The molecule has 0 amide bonds. The average Bonchev–Trinajstić information content (AvgIpc) is 2.40. The summed E-state index contributed by atoms with van der Waals surface area (Å²) in [5, 5.41) is 0. The first kappa shape index (κ1) is 14.0. The van der Waals surface area contributed by atoms with Gasteiger partial charge in [-0.15, -0.1) is 0 Å². The second-order valence-electron chi connectivity index (χ2n) is 5.76. The Bertz CT molecular complexity index is 433. The van der Waals surface area contributed by atoms with Gasteiger partial charge in [0.1, 0.15) is 0 Å². The number of carbonyl (C=O) groups is 1. The second-order valence-corrected chi connectivity index (χ2v) is 5.76. The van der Waals surface area contributed by atoms with Gasteiger partial charge in [0.05, 0.1) is 0 Å². The van der Waals surface area contributed by atoms with Crippen molar-refractivity contribution in [3.63, 3.8) is 0 Å². The maximum Gasteiger partial charge on any atom is 0.190 e. The first-order valence-corrected chi connectivity index (χ1v) is 7.08. The van der Waals surface area contributed by atoms with E-state index in [9.17, 15) is 9.18 Å². The van der Waals surface area contributed by atoms with Crippen molar-refractivity contribution in [1.82, 2.24) is 0 Å². The van der Waals surface area contributed by atoms with Gasteiger partial charge >= 0.3 is 0 Å². The van der Waals surface area contributed by atoms with Gasteiger partial charge in [0, 0.05) is 12.1 Å². The van der Waals surface area contributed by atoms with E-state index in [0.29, 0.717) is 23.6 Å². The van der Waals surface area contributed by atoms with Gasteiger partial charge in [-0.2, -0.15) is 0 Å². The Labute approximate surface area is 114 Å². The van der Waals surface area contributed by atoms with Crippen LogP contribution in [0, 0.1) is 5.92 Å². The molecule has 0 saturated heterocycles. The molecule has 0 bridgehead atoms. The molecule has 1 fully saturated rings. The fourth-order valence-corrected chi connectivity index (χ4v) is 2.80. The summed E-state index contributed by atoms with van der Waals surface area (Å²) in [4.78, 5) is 12.2. The van der Waals surface area contributed by atoms with E-state index < -0.39 is 5.67 Å². The van der Waals surface area contributed by atoms with Gasteiger partial charge in [0.25, 0.3) is 0 Å². The zero-order valence-corrected chi connectivity index (χ0v) is 11.5. The molecule has 1 aromatic carbocycles. The molecule has 0 spiro atoms. The zero-order chi connectivity index (χ0) is 13.9. The molecule has 1 saturated carbocycles. The Morgan fingerprint density at radius 3 is 2.42 bits per heavy atom. The topological polar surface area (TPSA) is 43.1 Å². The molecule has 2 N–H and O–H groups in total. The van der Waals surface area contributed by atoms with Crippen molar-refractivity contribution in [2.45, 2.75) is 51.1 Å². The van der Waals surface area contributed by atoms with Crippen LogP contribution in [0.25, 0.3) is 0 Å². The summed E-state index contributed by atoms with van der Waals surface area (Å²) < 4.78 is 14.7. The lowest BCUT2D eigenvalue weighted by atomic mass is 9.81. The van der Waals surface area contributed by atoms with E-state index in [0.717, 1.165) is 12.8 Å². The number of Topliss-reactive ketones (excluding diaryl/α,β-unsaturated/α-hetero) is 1. The highest BCUT2D eigenvalue weighted by Gasteiger charge is 2.36. The lowest BCUT2D eigenvalue weighted by Crippen LogP contribution is -2.29. The van der Waals surface area contributed by atoms with Gasteiger partial charge < -0.3 is 5.73 Å². The number of ketones is 1. The summed E-state index contributed by atoms with van der Waals surface area (Å²) in [6.45, 7) is 1.36. The highest BCUT2D eigenvalue weighted by atomic mass is 19.1. The number of halogens is 1. The lowest BCUT2D eigenvalue weighted by Gasteiger charge is -2.25. The van der Waals surface area contributed by atoms with Crippen LogP contribution >= 0.6 is 0 Å². The van der Waals surface area contributed by atoms with Crippen molar-refractivity contribution in [1.29, 1.82) is 0 Å². The molecular formula is C16H22FNO. The number of alkyl halides is 1. The average molecular weight is 263 g/mol. The number of hydrogen-bond donors (Lipinski definition) is 1. The normalized spacial score (nSPS) is 19.9. The van der Waals surface area contributed by atoms with Crippen molar-refractivity contribution >= 4 is 11.5 Å². The summed E-state index contributed by atoms with van der Waals surface area (Å²) >= 11 is 0. The van der Waals surface area contributed by atoms with Gasteiger partial charge in [-0.1, -0.05) is 44.2 Å². The van der Waals surface area contributed by atoms with E-state index in [-0.39, 0.29) is 5.78 Å². The predicted molar refractivity (Wildman–Crippen MR) is 75.5 cm³/mol. The number of nitrogen functional groups attached to an aromatic ring is 1. The molecule has 2 nitrogen and oxygen atoms in total. The maximum absolute atomic E-state index is 14.7. The summed E-state index contributed by atoms with van der Waals surface area (Å²) in [6, 6.07) is 6.49. The molecule has 2 rings (SSSR count). The third-order valence-electron chi connectivity index (χ3n) is 4.18. The number of carbonyl (C=O) groups excluding carboxylic acids is 1. The molecule has 1 aliphatic rings. The van der Waals surface area contributed by atoms with Crippen LogP contribution in [0.5, 0.6) is 0 Å². The predicted octanol–water partition coefficient (Wildman–Crippen LogP) is 3.99. The quantitative estimate of drug-likeness (QED) is 0.834. The molecule has 1 aliphatic carbocycles. The summed E-state index contributed by atoms with van der Waals surface area (Å²) in [5.74, 6) is 0.0641. The van der Waals surface area contributed by atoms with Crippen molar-refractivity contribution < 1.29 is 9.18 Å². The van der Waals surface area contributed by atoms with Crippen molar-refractivity contribution in [2.24, 2.45) is 5.92 Å². The molecule has 1 unspecified atom stereocenters. The van der Waals surface area contributed by atoms with Crippen LogP contribution in [-0.2, 0) is 10.5 Å². The molecule has 0 heterocycles. The zero-order valence-electron chi connectivity index (χ0n) is 11.5. The van der Waals surface area contributed by atoms with Crippen LogP contribution in [0.1, 0.15) is 51.0 Å². The second kappa shape index (κ2) is 5.72. The fraction of sp³-hybridized carbons (Fsp3) is 0.562. The molecule has 0 radical (unpaired) electrons. The Morgan fingerprint density at radius 2 is 1.84 bits per heavy atom. The largest absolute Gasteiger partial charge is 0.399 e. The van der Waals surface area contributed by atoms with Crippen molar-refractivity contribution in [3.8, 4) is 0 Å². The number of benzene rings is 1. The molecule has 19 heavy (non-hydrogen) atoms. The molecule has 104 valence electrons. The van der Waals surface area contributed by atoms with Crippen LogP contribution < -0.4 is 5.73 Å². The van der Waals surface area contributed by atoms with E-state index >= 15 is 0 Å².